The number of aliphatic hydroxyl groups is 1. The Morgan fingerprint density at radius 2 is 2.03 bits per heavy atom. The van der Waals surface area contributed by atoms with Gasteiger partial charge >= 0.3 is 0 Å². The molecule has 0 aromatic carbocycles. The van der Waals surface area contributed by atoms with Gasteiger partial charge in [-0.2, -0.15) is 5.10 Å². The zero-order chi connectivity index (χ0) is 24.7. The summed E-state index contributed by atoms with van der Waals surface area (Å²) >= 11 is 0. The molecule has 6 rings (SSSR count). The lowest BCUT2D eigenvalue weighted by atomic mass is 9.98. The smallest absolute Gasteiger partial charge is 0.262 e. The van der Waals surface area contributed by atoms with Crippen LogP contribution in [0.3, 0.4) is 0 Å². The maximum atomic E-state index is 12.4. The molecule has 0 spiro atoms. The quantitative estimate of drug-likeness (QED) is 0.367. The summed E-state index contributed by atoms with van der Waals surface area (Å²) in [5.41, 5.74) is 1.30. The Morgan fingerprint density at radius 3 is 2.81 bits per heavy atom. The zero-order valence-corrected chi connectivity index (χ0v) is 19.6. The van der Waals surface area contributed by atoms with Gasteiger partial charge in [-0.1, -0.05) is 11.2 Å². The highest BCUT2D eigenvalue weighted by molar-refractivity contribution is 5.87. The van der Waals surface area contributed by atoms with Gasteiger partial charge in [0.15, 0.2) is 5.76 Å². The van der Waals surface area contributed by atoms with Gasteiger partial charge in [-0.3, -0.25) is 9.48 Å². The Kier molecular flexibility index (Phi) is 5.46. The molecule has 12 heteroatoms. The summed E-state index contributed by atoms with van der Waals surface area (Å²) in [4.78, 5) is 27.5. The van der Waals surface area contributed by atoms with Crippen LogP contribution in [0.25, 0.3) is 22.8 Å². The number of pyridine rings is 1. The van der Waals surface area contributed by atoms with Crippen LogP contribution in [-0.2, 0) is 10.4 Å². The minimum Gasteiger partial charge on any atom is -0.373 e. The zero-order valence-electron chi connectivity index (χ0n) is 19.6. The highest BCUT2D eigenvalue weighted by Crippen LogP contribution is 2.34. The third-order valence-electron chi connectivity index (χ3n) is 6.62. The van der Waals surface area contributed by atoms with E-state index in [0.29, 0.717) is 41.3 Å². The normalized spacial score (nSPS) is 21.9. The van der Waals surface area contributed by atoms with Crippen LogP contribution in [-0.4, -0.2) is 72.5 Å². The van der Waals surface area contributed by atoms with Crippen molar-refractivity contribution < 1.29 is 14.4 Å². The number of nitrogens with zero attached hydrogens (tertiary/aromatic N) is 7. The van der Waals surface area contributed by atoms with Gasteiger partial charge in [0.1, 0.15) is 5.69 Å². The Morgan fingerprint density at radius 1 is 1.19 bits per heavy atom. The van der Waals surface area contributed by atoms with Crippen LogP contribution >= 0.6 is 0 Å². The largest absolute Gasteiger partial charge is 0.373 e. The maximum absolute atomic E-state index is 12.4. The van der Waals surface area contributed by atoms with Crippen molar-refractivity contribution in [2.45, 2.75) is 24.5 Å². The van der Waals surface area contributed by atoms with Gasteiger partial charge in [-0.15, -0.1) is 0 Å². The molecule has 12 nitrogen and oxygen atoms in total. The molecule has 2 aliphatic rings. The minimum atomic E-state index is -1.70. The number of hydrogen-bond donors (Lipinski definition) is 3. The van der Waals surface area contributed by atoms with Gasteiger partial charge in [0.05, 0.1) is 35.0 Å². The first kappa shape index (κ1) is 22.3. The van der Waals surface area contributed by atoms with E-state index in [-0.39, 0.29) is 12.2 Å². The number of rotatable bonds is 6. The molecular weight excluding hydrogens is 462 g/mol. The fourth-order valence-corrected chi connectivity index (χ4v) is 4.55. The molecular formula is C24H25N9O3. The fourth-order valence-electron chi connectivity index (χ4n) is 4.55. The lowest BCUT2D eigenvalue weighted by Gasteiger charge is -2.16. The molecule has 2 saturated heterocycles. The first-order chi connectivity index (χ1) is 17.5. The van der Waals surface area contributed by atoms with E-state index in [2.05, 4.69) is 35.8 Å². The van der Waals surface area contributed by atoms with E-state index in [4.69, 9.17) is 4.52 Å². The Labute approximate surface area is 206 Å². The summed E-state index contributed by atoms with van der Waals surface area (Å²) in [5.74, 6) is 0.137. The van der Waals surface area contributed by atoms with Crippen LogP contribution in [0.1, 0.15) is 24.6 Å². The highest BCUT2D eigenvalue weighted by atomic mass is 16.5. The van der Waals surface area contributed by atoms with E-state index in [0.717, 1.165) is 25.2 Å². The third-order valence-corrected chi connectivity index (χ3v) is 6.62. The van der Waals surface area contributed by atoms with Crippen LogP contribution in [0, 0.1) is 0 Å². The van der Waals surface area contributed by atoms with Crippen LogP contribution in [0.15, 0.2) is 53.4 Å². The van der Waals surface area contributed by atoms with Crippen LogP contribution in [0.5, 0.6) is 0 Å². The SMILES string of the molecule is CN1CC[C@@](O)(c2cc(-c3cccc(-c4ccnc(Nc5cnn(C6CCNC6)c5)n4)n3)no2)C1=O. The third kappa shape index (κ3) is 3.99. The lowest BCUT2D eigenvalue weighted by molar-refractivity contribution is -0.144. The van der Waals surface area contributed by atoms with Crippen molar-refractivity contribution in [2.75, 3.05) is 32.0 Å². The number of aromatic nitrogens is 6. The predicted octanol–water partition coefficient (Wildman–Crippen LogP) is 1.72. The van der Waals surface area contributed by atoms with E-state index < -0.39 is 11.5 Å². The Bertz CT molecular complexity index is 1410. The average molecular weight is 488 g/mol. The average Bonchev–Trinajstić information content (AvgIpc) is 3.71. The molecule has 36 heavy (non-hydrogen) atoms. The van der Waals surface area contributed by atoms with Crippen molar-refractivity contribution in [3.63, 3.8) is 0 Å². The maximum Gasteiger partial charge on any atom is 0.262 e. The molecule has 1 unspecified atom stereocenters. The molecule has 0 bridgehead atoms. The molecule has 1 amide bonds. The van der Waals surface area contributed by atoms with Gasteiger partial charge < -0.3 is 25.2 Å². The van der Waals surface area contributed by atoms with Gasteiger partial charge in [0.2, 0.25) is 11.5 Å². The number of carbonyl (C=O) groups is 1. The molecule has 2 atom stereocenters. The Hall–Kier alpha value is -4.16. The second-order valence-electron chi connectivity index (χ2n) is 9.07. The van der Waals surface area contributed by atoms with Crippen LogP contribution < -0.4 is 10.6 Å². The molecule has 4 aromatic heterocycles. The van der Waals surface area contributed by atoms with Gasteiger partial charge in [-0.05, 0) is 31.2 Å². The van der Waals surface area contributed by atoms with E-state index in [9.17, 15) is 9.90 Å². The van der Waals surface area contributed by atoms with Crippen molar-refractivity contribution >= 4 is 17.5 Å². The van der Waals surface area contributed by atoms with Crippen molar-refractivity contribution in [3.05, 3.63) is 54.7 Å². The molecule has 0 saturated carbocycles. The standard InChI is InChI=1S/C24H25N9O3/c1-32-10-7-24(35,22(32)34)21-11-20(31-36-21)18-4-2-3-17(29-18)19-6-9-26-23(30-19)28-15-12-27-33(14-15)16-5-8-25-13-16/h2-4,6,9,11-12,14,16,25,35H,5,7-8,10,13H2,1H3,(H,26,28,30)/t16?,24-/m1/s1. The number of likely N-dealkylation sites (N-methyl/N-ethyl adjacent to an activating group) is 1. The molecule has 3 N–H and O–H groups in total. The molecule has 184 valence electrons. The predicted molar refractivity (Wildman–Crippen MR) is 129 cm³/mol. The summed E-state index contributed by atoms with van der Waals surface area (Å²) in [6, 6.07) is 9.15. The van der Waals surface area contributed by atoms with Crippen LogP contribution in [0.2, 0.25) is 0 Å². The molecule has 6 heterocycles. The molecule has 0 radical (unpaired) electrons. The molecule has 2 fully saturated rings. The van der Waals surface area contributed by atoms with E-state index in [1.165, 1.54) is 4.90 Å². The lowest BCUT2D eigenvalue weighted by Crippen LogP contribution is -2.35. The van der Waals surface area contributed by atoms with Crippen LogP contribution in [0.4, 0.5) is 11.6 Å². The summed E-state index contributed by atoms with van der Waals surface area (Å²) in [6.45, 7) is 2.35. The fraction of sp³-hybridized carbons (Fsp3) is 0.333. The number of nitrogens with one attached hydrogen (secondary N) is 2. The number of hydrogen-bond acceptors (Lipinski definition) is 10. The van der Waals surface area contributed by atoms with E-state index in [1.807, 2.05) is 23.0 Å². The van der Waals surface area contributed by atoms with Crippen molar-refractivity contribution in [1.82, 2.24) is 40.1 Å². The minimum absolute atomic E-state index is 0.113. The van der Waals surface area contributed by atoms with E-state index >= 15 is 0 Å². The monoisotopic (exact) mass is 487 g/mol. The van der Waals surface area contributed by atoms with Crippen molar-refractivity contribution in [3.8, 4) is 22.8 Å². The molecule has 2 aliphatic heterocycles. The van der Waals surface area contributed by atoms with Gasteiger partial charge in [0.25, 0.3) is 5.91 Å². The molecule has 0 aliphatic carbocycles. The number of likely N-dealkylation sites (tertiary alicyclic amines) is 1. The number of carbonyl (C=O) groups excluding carboxylic acids is 1. The molecule has 4 aromatic rings. The Balaban J connectivity index is 1.22. The summed E-state index contributed by atoms with van der Waals surface area (Å²) in [5, 5.41) is 25.9. The van der Waals surface area contributed by atoms with Crippen molar-refractivity contribution in [2.24, 2.45) is 0 Å². The second-order valence-corrected chi connectivity index (χ2v) is 9.07. The van der Waals surface area contributed by atoms with Gasteiger partial charge in [-0.25, -0.2) is 15.0 Å². The van der Waals surface area contributed by atoms with Crippen molar-refractivity contribution in [1.29, 1.82) is 0 Å². The number of amides is 1. The summed E-state index contributed by atoms with van der Waals surface area (Å²) in [6.07, 6.45) is 6.67. The number of anilines is 2. The van der Waals surface area contributed by atoms with E-state index in [1.54, 1.807) is 37.6 Å². The van der Waals surface area contributed by atoms with Gasteiger partial charge in [0, 0.05) is 45.0 Å². The topological polar surface area (TPSA) is 147 Å². The highest BCUT2D eigenvalue weighted by Gasteiger charge is 2.48. The first-order valence-electron chi connectivity index (χ1n) is 11.8. The second kappa shape index (κ2) is 8.81. The summed E-state index contributed by atoms with van der Waals surface area (Å²) < 4.78 is 7.32. The summed E-state index contributed by atoms with van der Waals surface area (Å²) in [7, 11) is 1.65. The first-order valence-corrected chi connectivity index (χ1v) is 11.8.